The molecule has 2 unspecified atom stereocenters. The number of amides is 1. The van der Waals surface area contributed by atoms with E-state index in [0.717, 1.165) is 25.1 Å². The Hall–Kier alpha value is -2.14. The monoisotopic (exact) mass is 284 g/mol. The first-order valence-corrected chi connectivity index (χ1v) is 7.33. The van der Waals surface area contributed by atoms with Crippen LogP contribution < -0.4 is 10.6 Å². The SMILES string of the molecule is CC(Cn1ccnc1)NC1CCc2ccccc2NC1=O. The van der Waals surface area contributed by atoms with Gasteiger partial charge in [-0.05, 0) is 31.4 Å². The molecule has 2 heterocycles. The van der Waals surface area contributed by atoms with Crippen LogP contribution in [-0.4, -0.2) is 27.5 Å². The van der Waals surface area contributed by atoms with E-state index >= 15 is 0 Å². The van der Waals surface area contributed by atoms with Crippen molar-refractivity contribution in [2.45, 2.75) is 38.4 Å². The van der Waals surface area contributed by atoms with Gasteiger partial charge in [-0.2, -0.15) is 0 Å². The van der Waals surface area contributed by atoms with Crippen LogP contribution in [0.15, 0.2) is 43.0 Å². The van der Waals surface area contributed by atoms with Crippen molar-refractivity contribution in [3.8, 4) is 0 Å². The smallest absolute Gasteiger partial charge is 0.241 e. The van der Waals surface area contributed by atoms with E-state index in [1.54, 1.807) is 12.5 Å². The molecule has 21 heavy (non-hydrogen) atoms. The van der Waals surface area contributed by atoms with E-state index < -0.39 is 0 Å². The summed E-state index contributed by atoms with van der Waals surface area (Å²) in [5, 5.41) is 6.44. The fourth-order valence-corrected chi connectivity index (χ4v) is 2.78. The van der Waals surface area contributed by atoms with Gasteiger partial charge in [-0.1, -0.05) is 18.2 Å². The predicted octanol–water partition coefficient (Wildman–Crippen LogP) is 1.81. The molecule has 0 spiro atoms. The Morgan fingerprint density at radius 1 is 1.48 bits per heavy atom. The number of aromatic nitrogens is 2. The van der Waals surface area contributed by atoms with Crippen LogP contribution in [0.1, 0.15) is 18.9 Å². The van der Waals surface area contributed by atoms with Crippen molar-refractivity contribution in [1.29, 1.82) is 0 Å². The van der Waals surface area contributed by atoms with Crippen molar-refractivity contribution in [2.24, 2.45) is 0 Å². The lowest BCUT2D eigenvalue weighted by Gasteiger charge is -2.21. The number of nitrogens with zero attached hydrogens (tertiary/aromatic N) is 2. The maximum absolute atomic E-state index is 12.3. The molecule has 2 N–H and O–H groups in total. The number of fused-ring (bicyclic) bond motifs is 1. The lowest BCUT2D eigenvalue weighted by molar-refractivity contribution is -0.118. The average Bonchev–Trinajstić information content (AvgIpc) is 2.91. The van der Waals surface area contributed by atoms with Crippen LogP contribution >= 0.6 is 0 Å². The highest BCUT2D eigenvalue weighted by Gasteiger charge is 2.24. The maximum Gasteiger partial charge on any atom is 0.241 e. The lowest BCUT2D eigenvalue weighted by atomic mass is 10.1. The number of hydrogen-bond acceptors (Lipinski definition) is 3. The third kappa shape index (κ3) is 3.31. The summed E-state index contributed by atoms with van der Waals surface area (Å²) >= 11 is 0. The number of imidazole rings is 1. The largest absolute Gasteiger partial charge is 0.336 e. The second kappa shape index (κ2) is 6.10. The van der Waals surface area contributed by atoms with Crippen molar-refractivity contribution in [2.75, 3.05) is 5.32 Å². The minimum Gasteiger partial charge on any atom is -0.336 e. The zero-order valence-corrected chi connectivity index (χ0v) is 12.1. The number of benzene rings is 1. The van der Waals surface area contributed by atoms with Crippen molar-refractivity contribution in [1.82, 2.24) is 14.9 Å². The first kappa shape index (κ1) is 13.8. The molecule has 0 fully saturated rings. The highest BCUT2D eigenvalue weighted by atomic mass is 16.2. The Morgan fingerprint density at radius 2 is 2.33 bits per heavy atom. The fourth-order valence-electron chi connectivity index (χ4n) is 2.78. The quantitative estimate of drug-likeness (QED) is 0.900. The molecule has 1 aromatic carbocycles. The van der Waals surface area contributed by atoms with E-state index in [-0.39, 0.29) is 18.0 Å². The highest BCUT2D eigenvalue weighted by Crippen LogP contribution is 2.21. The number of carbonyl (C=O) groups excluding carboxylic acids is 1. The second-order valence-corrected chi connectivity index (χ2v) is 5.56. The molecule has 110 valence electrons. The Labute approximate surface area is 124 Å². The number of carbonyl (C=O) groups is 1. The van der Waals surface area contributed by atoms with E-state index in [1.807, 2.05) is 29.0 Å². The summed E-state index contributed by atoms with van der Waals surface area (Å²) in [6, 6.07) is 8.05. The van der Waals surface area contributed by atoms with Gasteiger partial charge in [-0.25, -0.2) is 4.98 Å². The molecular formula is C16H20N4O. The van der Waals surface area contributed by atoms with E-state index in [4.69, 9.17) is 0 Å². The Kier molecular flexibility index (Phi) is 4.01. The van der Waals surface area contributed by atoms with Gasteiger partial charge in [-0.3, -0.25) is 4.79 Å². The minimum atomic E-state index is -0.157. The summed E-state index contributed by atoms with van der Waals surface area (Å²) in [5.41, 5.74) is 2.14. The van der Waals surface area contributed by atoms with Gasteiger partial charge in [0.25, 0.3) is 0 Å². The van der Waals surface area contributed by atoms with Crippen LogP contribution in [0.2, 0.25) is 0 Å². The Bertz CT molecular complexity index is 608. The number of para-hydroxylation sites is 1. The predicted molar refractivity (Wildman–Crippen MR) is 82.0 cm³/mol. The molecule has 1 aromatic heterocycles. The normalized spacial score (nSPS) is 19.5. The molecular weight excluding hydrogens is 264 g/mol. The number of nitrogens with one attached hydrogen (secondary N) is 2. The van der Waals surface area contributed by atoms with Crippen molar-refractivity contribution in [3.05, 3.63) is 48.5 Å². The van der Waals surface area contributed by atoms with Crippen molar-refractivity contribution in [3.63, 3.8) is 0 Å². The first-order valence-electron chi connectivity index (χ1n) is 7.33. The van der Waals surface area contributed by atoms with E-state index in [2.05, 4.69) is 28.6 Å². The van der Waals surface area contributed by atoms with Crippen LogP contribution in [0.4, 0.5) is 5.69 Å². The Balaban J connectivity index is 1.63. The van der Waals surface area contributed by atoms with E-state index in [1.165, 1.54) is 5.56 Å². The third-order valence-corrected chi connectivity index (χ3v) is 3.82. The highest BCUT2D eigenvalue weighted by molar-refractivity contribution is 5.96. The van der Waals surface area contributed by atoms with Crippen molar-refractivity contribution >= 4 is 11.6 Å². The number of anilines is 1. The van der Waals surface area contributed by atoms with E-state index in [9.17, 15) is 4.79 Å². The summed E-state index contributed by atoms with van der Waals surface area (Å²) in [7, 11) is 0. The van der Waals surface area contributed by atoms with Crippen LogP contribution in [0.25, 0.3) is 0 Å². The standard InChI is InChI=1S/C16H20N4O/c1-12(10-20-9-8-17-11-20)18-15-7-6-13-4-2-3-5-14(13)19-16(15)21/h2-5,8-9,11-12,15,18H,6-7,10H2,1H3,(H,19,21). The summed E-state index contributed by atoms with van der Waals surface area (Å²) in [6.45, 7) is 2.89. The Morgan fingerprint density at radius 3 is 3.14 bits per heavy atom. The molecule has 5 nitrogen and oxygen atoms in total. The van der Waals surface area contributed by atoms with Gasteiger partial charge in [0.15, 0.2) is 0 Å². The molecule has 5 heteroatoms. The molecule has 0 saturated heterocycles. The van der Waals surface area contributed by atoms with Gasteiger partial charge >= 0.3 is 0 Å². The summed E-state index contributed by atoms with van der Waals surface area (Å²) < 4.78 is 2.01. The lowest BCUT2D eigenvalue weighted by Crippen LogP contribution is -2.45. The first-order chi connectivity index (χ1) is 10.2. The van der Waals surface area contributed by atoms with Gasteiger partial charge in [0.05, 0.1) is 12.4 Å². The van der Waals surface area contributed by atoms with E-state index in [0.29, 0.717) is 0 Å². The van der Waals surface area contributed by atoms with Crippen LogP contribution in [0, 0.1) is 0 Å². The third-order valence-electron chi connectivity index (χ3n) is 3.82. The summed E-state index contributed by atoms with van der Waals surface area (Å²) in [6.07, 6.45) is 7.21. The van der Waals surface area contributed by atoms with Crippen LogP contribution in [0.5, 0.6) is 0 Å². The molecule has 0 aliphatic carbocycles. The zero-order chi connectivity index (χ0) is 14.7. The second-order valence-electron chi connectivity index (χ2n) is 5.56. The van der Waals surface area contributed by atoms with Gasteiger partial charge in [0.1, 0.15) is 0 Å². The number of aryl methyl sites for hydroxylation is 1. The molecule has 2 aromatic rings. The molecule has 2 atom stereocenters. The minimum absolute atomic E-state index is 0.0532. The summed E-state index contributed by atoms with van der Waals surface area (Å²) in [5.74, 6) is 0.0532. The number of rotatable bonds is 4. The van der Waals surface area contributed by atoms with Gasteiger partial charge in [0, 0.05) is 30.7 Å². The molecule has 1 aliphatic heterocycles. The van der Waals surface area contributed by atoms with Gasteiger partial charge < -0.3 is 15.2 Å². The molecule has 1 amide bonds. The van der Waals surface area contributed by atoms with Crippen molar-refractivity contribution < 1.29 is 4.79 Å². The summed E-state index contributed by atoms with van der Waals surface area (Å²) in [4.78, 5) is 16.4. The molecule has 0 bridgehead atoms. The average molecular weight is 284 g/mol. The zero-order valence-electron chi connectivity index (χ0n) is 12.1. The van der Waals surface area contributed by atoms with Gasteiger partial charge in [-0.15, -0.1) is 0 Å². The maximum atomic E-state index is 12.3. The molecule has 0 saturated carbocycles. The molecule has 1 aliphatic rings. The fraction of sp³-hybridized carbons (Fsp3) is 0.375. The van der Waals surface area contributed by atoms with Crippen LogP contribution in [0.3, 0.4) is 0 Å². The molecule has 3 rings (SSSR count). The topological polar surface area (TPSA) is 59.0 Å². The van der Waals surface area contributed by atoms with Gasteiger partial charge in [0.2, 0.25) is 5.91 Å². The molecule has 0 radical (unpaired) electrons. The number of hydrogen-bond donors (Lipinski definition) is 2. The van der Waals surface area contributed by atoms with Crippen LogP contribution in [-0.2, 0) is 17.8 Å².